The van der Waals surface area contributed by atoms with Gasteiger partial charge in [0.1, 0.15) is 0 Å². The Hall–Kier alpha value is -1.31. The molecule has 0 aromatic heterocycles. The van der Waals surface area contributed by atoms with Gasteiger partial charge in [-0.25, -0.2) is 0 Å². The van der Waals surface area contributed by atoms with Gasteiger partial charge in [0.15, 0.2) is 0 Å². The third-order valence-electron chi connectivity index (χ3n) is 2.10. The van der Waals surface area contributed by atoms with E-state index >= 15 is 0 Å². The first kappa shape index (κ1) is 12.7. The first-order valence-electron chi connectivity index (χ1n) is 4.87. The van der Waals surface area contributed by atoms with Crippen molar-refractivity contribution in [2.45, 2.75) is 32.7 Å². The van der Waals surface area contributed by atoms with Gasteiger partial charge in [0.2, 0.25) is 0 Å². The highest BCUT2D eigenvalue weighted by molar-refractivity contribution is 5.23. The van der Waals surface area contributed by atoms with Crippen molar-refractivity contribution >= 4 is 6.72 Å². The predicted octanol–water partition coefficient (Wildman–Crippen LogP) is 3.04. The van der Waals surface area contributed by atoms with E-state index in [1.807, 2.05) is 0 Å². The summed E-state index contributed by atoms with van der Waals surface area (Å²) in [7, 11) is 0. The van der Waals surface area contributed by atoms with Gasteiger partial charge >= 0.3 is 0 Å². The van der Waals surface area contributed by atoms with Crippen LogP contribution >= 0.6 is 0 Å². The molecule has 0 spiro atoms. The van der Waals surface area contributed by atoms with Crippen molar-refractivity contribution in [3.63, 3.8) is 0 Å². The quantitative estimate of drug-likeness (QED) is 0.662. The van der Waals surface area contributed by atoms with E-state index in [0.717, 1.165) is 18.5 Å². The number of hydrogen-bond acceptors (Lipinski definition) is 2. The van der Waals surface area contributed by atoms with Crippen LogP contribution in [-0.4, -0.2) is 12.8 Å². The van der Waals surface area contributed by atoms with Crippen LogP contribution in [0.2, 0.25) is 0 Å². The summed E-state index contributed by atoms with van der Waals surface area (Å²) < 4.78 is 0. The second-order valence-electron chi connectivity index (χ2n) is 3.25. The van der Waals surface area contributed by atoms with Crippen molar-refractivity contribution in [1.82, 2.24) is 5.32 Å². The normalized spacial score (nSPS) is 19.0. The van der Waals surface area contributed by atoms with Crippen molar-refractivity contribution in [2.75, 3.05) is 0 Å². The van der Waals surface area contributed by atoms with Crippen molar-refractivity contribution < 1.29 is 0 Å². The van der Waals surface area contributed by atoms with Gasteiger partial charge in [-0.15, -0.1) is 0 Å². The number of allylic oxidation sites excluding steroid dienone is 3. The van der Waals surface area contributed by atoms with Crippen molar-refractivity contribution in [2.24, 2.45) is 0 Å². The van der Waals surface area contributed by atoms with Gasteiger partial charge in [0, 0.05) is 11.7 Å². The van der Waals surface area contributed by atoms with Gasteiger partial charge < -0.3 is 10.7 Å². The molecule has 0 aliphatic heterocycles. The van der Waals surface area contributed by atoms with E-state index in [0.29, 0.717) is 6.04 Å². The van der Waals surface area contributed by atoms with E-state index in [4.69, 9.17) is 5.41 Å². The summed E-state index contributed by atoms with van der Waals surface area (Å²) in [6, 6.07) is 0.459. The molecule has 0 radical (unpaired) electrons. The Labute approximate surface area is 86.9 Å². The monoisotopic (exact) mass is 192 g/mol. The fraction of sp³-hybridized carbons (Fsp3) is 0.417. The molecule has 14 heavy (non-hydrogen) atoms. The second kappa shape index (κ2) is 7.13. The Kier molecular flexibility index (Phi) is 6.46. The van der Waals surface area contributed by atoms with Crippen LogP contribution in [0, 0.1) is 5.41 Å². The van der Waals surface area contributed by atoms with Crippen LogP contribution in [-0.2, 0) is 0 Å². The molecule has 0 saturated carbocycles. The molecule has 2 nitrogen and oxygen atoms in total. The highest BCUT2D eigenvalue weighted by Crippen LogP contribution is 2.10. The van der Waals surface area contributed by atoms with E-state index in [1.54, 1.807) is 0 Å². The molecule has 78 valence electrons. The third kappa shape index (κ3) is 4.65. The van der Waals surface area contributed by atoms with E-state index in [2.05, 4.69) is 50.7 Å². The Morgan fingerprint density at radius 3 is 2.71 bits per heavy atom. The zero-order valence-corrected chi connectivity index (χ0v) is 9.14. The smallest absolute Gasteiger partial charge is 0.0479 e. The predicted molar refractivity (Wildman–Crippen MR) is 63.7 cm³/mol. The van der Waals surface area contributed by atoms with Gasteiger partial charge in [-0.2, -0.15) is 0 Å². The molecule has 1 aliphatic rings. The molecule has 2 N–H and O–H groups in total. The fourth-order valence-electron chi connectivity index (χ4n) is 1.20. The van der Waals surface area contributed by atoms with Crippen LogP contribution in [0.4, 0.5) is 0 Å². The molecule has 0 amide bonds. The maximum atomic E-state index is 5.50. The number of nitrogens with one attached hydrogen (secondary N) is 2. The third-order valence-corrected chi connectivity index (χ3v) is 2.10. The summed E-state index contributed by atoms with van der Waals surface area (Å²) in [6.45, 7) is 10.7. The lowest BCUT2D eigenvalue weighted by Gasteiger charge is -2.18. The SMILES string of the molecule is C=C(CC)NC1C=CC(C)=CC1.C=N. The molecule has 1 rings (SSSR count). The van der Waals surface area contributed by atoms with Crippen molar-refractivity contribution in [1.29, 1.82) is 5.41 Å². The summed E-state index contributed by atoms with van der Waals surface area (Å²) in [6.07, 6.45) is 8.70. The Balaban J connectivity index is 0.000000791. The van der Waals surface area contributed by atoms with Gasteiger partial charge in [0.05, 0.1) is 0 Å². The number of rotatable bonds is 3. The lowest BCUT2D eigenvalue weighted by Crippen LogP contribution is -2.26. The lowest BCUT2D eigenvalue weighted by molar-refractivity contribution is 0.654. The maximum Gasteiger partial charge on any atom is 0.0479 e. The molecule has 0 aromatic rings. The lowest BCUT2D eigenvalue weighted by atomic mass is 10.0. The Bertz CT molecular complexity index is 239. The first-order chi connectivity index (χ1) is 6.72. The van der Waals surface area contributed by atoms with Crippen LogP contribution in [0.3, 0.4) is 0 Å². The summed E-state index contributed by atoms with van der Waals surface area (Å²) in [4.78, 5) is 0. The van der Waals surface area contributed by atoms with Crippen LogP contribution in [0.5, 0.6) is 0 Å². The highest BCUT2D eigenvalue weighted by Gasteiger charge is 2.05. The van der Waals surface area contributed by atoms with Gasteiger partial charge in [-0.3, -0.25) is 0 Å². The second-order valence-corrected chi connectivity index (χ2v) is 3.25. The van der Waals surface area contributed by atoms with Gasteiger partial charge in [0.25, 0.3) is 0 Å². The molecule has 0 heterocycles. The van der Waals surface area contributed by atoms with Crippen LogP contribution in [0.25, 0.3) is 0 Å². The molecular weight excluding hydrogens is 172 g/mol. The Morgan fingerprint density at radius 1 is 1.64 bits per heavy atom. The number of hydrogen-bond donors (Lipinski definition) is 2. The Morgan fingerprint density at radius 2 is 2.29 bits per heavy atom. The minimum Gasteiger partial charge on any atom is -0.382 e. The zero-order chi connectivity index (χ0) is 11.0. The molecular formula is C12H20N2. The summed E-state index contributed by atoms with van der Waals surface area (Å²) in [5.74, 6) is 0. The molecule has 0 fully saturated rings. The minimum atomic E-state index is 0.459. The average Bonchev–Trinajstić information content (AvgIpc) is 2.24. The molecule has 0 bridgehead atoms. The molecule has 0 saturated heterocycles. The van der Waals surface area contributed by atoms with Crippen LogP contribution < -0.4 is 5.32 Å². The standard InChI is InChI=1S/C11H17N.CH3N/c1-4-10(3)12-11-7-5-9(2)6-8-11;1-2/h5-7,11-12H,3-4,8H2,1-2H3;2H,1H2. The molecule has 1 atom stereocenters. The van der Waals surface area contributed by atoms with Crippen LogP contribution in [0.15, 0.2) is 36.1 Å². The van der Waals surface area contributed by atoms with Crippen molar-refractivity contribution in [3.8, 4) is 0 Å². The molecule has 2 heteroatoms. The minimum absolute atomic E-state index is 0.459. The van der Waals surface area contributed by atoms with Crippen molar-refractivity contribution in [3.05, 3.63) is 36.1 Å². The zero-order valence-electron chi connectivity index (χ0n) is 9.14. The largest absolute Gasteiger partial charge is 0.382 e. The van der Waals surface area contributed by atoms with E-state index < -0.39 is 0 Å². The molecule has 0 aromatic carbocycles. The molecule has 1 aliphatic carbocycles. The van der Waals surface area contributed by atoms with E-state index in [-0.39, 0.29) is 0 Å². The fourth-order valence-corrected chi connectivity index (χ4v) is 1.20. The van der Waals surface area contributed by atoms with E-state index in [1.165, 1.54) is 5.57 Å². The summed E-state index contributed by atoms with van der Waals surface area (Å²) in [5.41, 5.74) is 2.48. The van der Waals surface area contributed by atoms with Gasteiger partial charge in [-0.05, 0) is 26.5 Å². The van der Waals surface area contributed by atoms with E-state index in [9.17, 15) is 0 Å². The van der Waals surface area contributed by atoms with Crippen LogP contribution in [0.1, 0.15) is 26.7 Å². The summed E-state index contributed by atoms with van der Waals surface area (Å²) >= 11 is 0. The highest BCUT2D eigenvalue weighted by atomic mass is 14.9. The van der Waals surface area contributed by atoms with Gasteiger partial charge in [-0.1, -0.05) is 37.3 Å². The average molecular weight is 192 g/mol. The molecule has 1 unspecified atom stereocenters. The first-order valence-corrected chi connectivity index (χ1v) is 4.87. The summed E-state index contributed by atoms with van der Waals surface area (Å²) in [5, 5.41) is 8.86. The maximum absolute atomic E-state index is 5.50. The topological polar surface area (TPSA) is 35.9 Å².